The van der Waals surface area contributed by atoms with E-state index in [-0.39, 0.29) is 10.6 Å². The minimum atomic E-state index is -3.38. The van der Waals surface area contributed by atoms with Crippen molar-refractivity contribution in [3.63, 3.8) is 0 Å². The van der Waals surface area contributed by atoms with Crippen LogP contribution >= 0.6 is 0 Å². The van der Waals surface area contributed by atoms with Crippen LogP contribution in [0.5, 0.6) is 0 Å². The summed E-state index contributed by atoms with van der Waals surface area (Å²) >= 11 is 0. The van der Waals surface area contributed by atoms with Crippen molar-refractivity contribution >= 4 is 9.84 Å². The smallest absolute Gasteiger partial charge is 0.181 e. The molecule has 0 heterocycles. The lowest BCUT2D eigenvalue weighted by Gasteiger charge is -2.16. The van der Waals surface area contributed by atoms with Gasteiger partial charge in [0, 0.05) is 0 Å². The van der Waals surface area contributed by atoms with Crippen molar-refractivity contribution < 1.29 is 13.5 Å². The Morgan fingerprint density at radius 1 is 1.20 bits per heavy atom. The summed E-state index contributed by atoms with van der Waals surface area (Å²) in [4.78, 5) is 0.259. The second-order valence-electron chi connectivity index (χ2n) is 4.38. The molecule has 0 atom stereocenters. The summed E-state index contributed by atoms with van der Waals surface area (Å²) in [5.41, 5.74) is -0.193. The van der Waals surface area contributed by atoms with Gasteiger partial charge in [0.25, 0.3) is 0 Å². The van der Waals surface area contributed by atoms with Crippen LogP contribution in [0, 0.1) is 6.92 Å². The van der Waals surface area contributed by atoms with E-state index < -0.39 is 15.4 Å². The van der Waals surface area contributed by atoms with Crippen molar-refractivity contribution in [2.45, 2.75) is 31.3 Å². The van der Waals surface area contributed by atoms with E-state index in [1.165, 1.54) is 13.8 Å². The first kappa shape index (κ1) is 12.2. The van der Waals surface area contributed by atoms with Crippen molar-refractivity contribution in [1.82, 2.24) is 0 Å². The summed E-state index contributed by atoms with van der Waals surface area (Å²) in [6.07, 6.45) is 0. The molecule has 3 nitrogen and oxygen atoms in total. The molecule has 0 aliphatic rings. The fraction of sp³-hybridized carbons (Fsp3) is 0.455. The van der Waals surface area contributed by atoms with Crippen LogP contribution < -0.4 is 0 Å². The molecule has 1 aromatic carbocycles. The Labute approximate surface area is 90.7 Å². The number of aliphatic hydroxyl groups is 1. The Morgan fingerprint density at radius 2 is 1.67 bits per heavy atom. The van der Waals surface area contributed by atoms with Gasteiger partial charge in [-0.15, -0.1) is 0 Å². The fourth-order valence-corrected chi connectivity index (χ4v) is 2.94. The molecule has 0 aromatic heterocycles. The molecule has 15 heavy (non-hydrogen) atoms. The Bertz CT molecular complexity index is 424. The lowest BCUT2D eigenvalue weighted by Crippen LogP contribution is -2.30. The SMILES string of the molecule is Cc1ccc(S(=O)(=O)CC(C)(C)O)cc1. The summed E-state index contributed by atoms with van der Waals surface area (Å²) in [7, 11) is -3.38. The van der Waals surface area contributed by atoms with E-state index in [2.05, 4.69) is 0 Å². The number of hydrogen-bond acceptors (Lipinski definition) is 3. The monoisotopic (exact) mass is 228 g/mol. The second kappa shape index (κ2) is 3.94. The van der Waals surface area contributed by atoms with E-state index in [0.717, 1.165) is 5.56 Å². The Hall–Kier alpha value is -0.870. The van der Waals surface area contributed by atoms with Crippen molar-refractivity contribution in [3.05, 3.63) is 29.8 Å². The van der Waals surface area contributed by atoms with Crippen LogP contribution in [0.4, 0.5) is 0 Å². The zero-order valence-electron chi connectivity index (χ0n) is 9.19. The third-order valence-corrected chi connectivity index (χ3v) is 4.00. The van der Waals surface area contributed by atoms with E-state index in [4.69, 9.17) is 0 Å². The van der Waals surface area contributed by atoms with Gasteiger partial charge >= 0.3 is 0 Å². The highest BCUT2D eigenvalue weighted by Gasteiger charge is 2.24. The molecule has 0 aliphatic carbocycles. The van der Waals surface area contributed by atoms with Gasteiger partial charge in [-0.05, 0) is 32.9 Å². The molecule has 4 heteroatoms. The fourth-order valence-electron chi connectivity index (χ4n) is 1.29. The quantitative estimate of drug-likeness (QED) is 0.853. The van der Waals surface area contributed by atoms with Gasteiger partial charge in [-0.25, -0.2) is 8.42 Å². The topological polar surface area (TPSA) is 54.4 Å². The van der Waals surface area contributed by atoms with Gasteiger partial charge in [-0.2, -0.15) is 0 Å². The largest absolute Gasteiger partial charge is 0.389 e. The summed E-state index contributed by atoms with van der Waals surface area (Å²) in [6.45, 7) is 4.86. The highest BCUT2D eigenvalue weighted by molar-refractivity contribution is 7.91. The van der Waals surface area contributed by atoms with Crippen LogP contribution in [-0.4, -0.2) is 24.9 Å². The third kappa shape index (κ3) is 3.64. The second-order valence-corrected chi connectivity index (χ2v) is 6.37. The summed E-state index contributed by atoms with van der Waals surface area (Å²) in [5, 5.41) is 9.49. The molecule has 84 valence electrons. The zero-order valence-corrected chi connectivity index (χ0v) is 10.0. The van der Waals surface area contributed by atoms with Crippen molar-refractivity contribution in [2.75, 3.05) is 5.75 Å². The van der Waals surface area contributed by atoms with Crippen LogP contribution in [-0.2, 0) is 9.84 Å². The maximum atomic E-state index is 11.8. The molecule has 1 aromatic rings. The minimum Gasteiger partial charge on any atom is -0.389 e. The number of aryl methyl sites for hydroxylation is 1. The highest BCUT2D eigenvalue weighted by atomic mass is 32.2. The Morgan fingerprint density at radius 3 is 2.07 bits per heavy atom. The number of hydrogen-bond donors (Lipinski definition) is 1. The summed E-state index contributed by atoms with van der Waals surface area (Å²) in [5.74, 6) is -0.261. The van der Waals surface area contributed by atoms with E-state index in [1.807, 2.05) is 6.92 Å². The standard InChI is InChI=1S/C11H16O3S/c1-9-4-6-10(7-5-9)15(13,14)8-11(2,3)12/h4-7,12H,8H2,1-3H3. The van der Waals surface area contributed by atoms with Crippen LogP contribution in [0.1, 0.15) is 19.4 Å². The number of rotatable bonds is 3. The molecule has 1 rings (SSSR count). The van der Waals surface area contributed by atoms with E-state index in [1.54, 1.807) is 24.3 Å². The maximum Gasteiger partial charge on any atom is 0.181 e. The average molecular weight is 228 g/mol. The van der Waals surface area contributed by atoms with Gasteiger partial charge in [0.15, 0.2) is 9.84 Å². The van der Waals surface area contributed by atoms with Crippen LogP contribution in [0.15, 0.2) is 29.2 Å². The molecular weight excluding hydrogens is 212 g/mol. The molecular formula is C11H16O3S. The lowest BCUT2D eigenvalue weighted by molar-refractivity contribution is 0.105. The van der Waals surface area contributed by atoms with Crippen LogP contribution in [0.2, 0.25) is 0 Å². The van der Waals surface area contributed by atoms with E-state index in [9.17, 15) is 13.5 Å². The Balaban J connectivity index is 3.02. The van der Waals surface area contributed by atoms with E-state index >= 15 is 0 Å². The molecule has 0 spiro atoms. The van der Waals surface area contributed by atoms with Gasteiger partial charge in [-0.3, -0.25) is 0 Å². The van der Waals surface area contributed by atoms with Crippen molar-refractivity contribution in [1.29, 1.82) is 0 Å². The van der Waals surface area contributed by atoms with Gasteiger partial charge < -0.3 is 5.11 Å². The predicted molar refractivity (Wildman–Crippen MR) is 59.5 cm³/mol. The molecule has 0 bridgehead atoms. The van der Waals surface area contributed by atoms with Gasteiger partial charge in [-0.1, -0.05) is 17.7 Å². The molecule has 0 aliphatic heterocycles. The molecule has 0 unspecified atom stereocenters. The first-order valence-electron chi connectivity index (χ1n) is 4.72. The van der Waals surface area contributed by atoms with Crippen LogP contribution in [0.3, 0.4) is 0 Å². The van der Waals surface area contributed by atoms with Crippen LogP contribution in [0.25, 0.3) is 0 Å². The average Bonchev–Trinajstić information content (AvgIpc) is 2.00. The highest BCUT2D eigenvalue weighted by Crippen LogP contribution is 2.16. The molecule has 1 N–H and O–H groups in total. The van der Waals surface area contributed by atoms with Crippen molar-refractivity contribution in [2.24, 2.45) is 0 Å². The number of sulfone groups is 1. The van der Waals surface area contributed by atoms with Gasteiger partial charge in [0.2, 0.25) is 0 Å². The molecule has 0 fully saturated rings. The lowest BCUT2D eigenvalue weighted by atomic mass is 10.2. The Kier molecular flexibility index (Phi) is 3.21. The number of benzene rings is 1. The zero-order chi connectivity index (χ0) is 11.7. The van der Waals surface area contributed by atoms with Gasteiger partial charge in [0.1, 0.15) is 0 Å². The molecule has 0 radical (unpaired) electrons. The normalized spacial score (nSPS) is 12.8. The molecule has 0 saturated heterocycles. The van der Waals surface area contributed by atoms with Gasteiger partial charge in [0.05, 0.1) is 16.2 Å². The van der Waals surface area contributed by atoms with E-state index in [0.29, 0.717) is 0 Å². The summed E-state index contributed by atoms with van der Waals surface area (Å²) < 4.78 is 23.6. The molecule has 0 amide bonds. The van der Waals surface area contributed by atoms with Crippen molar-refractivity contribution in [3.8, 4) is 0 Å². The molecule has 0 saturated carbocycles. The third-order valence-electron chi connectivity index (χ3n) is 1.92. The minimum absolute atomic E-state index is 0.259. The first-order valence-corrected chi connectivity index (χ1v) is 6.38. The predicted octanol–water partition coefficient (Wildman–Crippen LogP) is 1.54. The first-order chi connectivity index (χ1) is 6.71. The summed E-state index contributed by atoms with van der Waals surface area (Å²) in [6, 6.07) is 6.63. The maximum absolute atomic E-state index is 11.8.